The van der Waals surface area contributed by atoms with E-state index in [0.29, 0.717) is 12.3 Å². The molecule has 0 saturated carbocycles. The Labute approximate surface area is 145 Å². The van der Waals surface area contributed by atoms with Gasteiger partial charge in [-0.05, 0) is 71.4 Å². The summed E-state index contributed by atoms with van der Waals surface area (Å²) >= 11 is 0. The third kappa shape index (κ3) is 4.62. The van der Waals surface area contributed by atoms with Crippen molar-refractivity contribution in [2.24, 2.45) is 11.0 Å². The van der Waals surface area contributed by atoms with Gasteiger partial charge in [-0.15, -0.1) is 4.95 Å². The fourth-order valence-electron chi connectivity index (χ4n) is 3.82. The van der Waals surface area contributed by atoms with Crippen LogP contribution in [0.3, 0.4) is 0 Å². The maximum Gasteiger partial charge on any atom is 0.107 e. The quantitative estimate of drug-likeness (QED) is 0.508. The lowest BCUT2D eigenvalue weighted by molar-refractivity contribution is -0.221. The zero-order valence-corrected chi connectivity index (χ0v) is 15.2. The summed E-state index contributed by atoms with van der Waals surface area (Å²) < 4.78 is 0. The molecule has 5 nitrogen and oxygen atoms in total. The van der Waals surface area contributed by atoms with Gasteiger partial charge in [0.05, 0.1) is 5.10 Å². The second-order valence-electron chi connectivity index (χ2n) is 8.01. The van der Waals surface area contributed by atoms with E-state index < -0.39 is 0 Å². The van der Waals surface area contributed by atoms with Gasteiger partial charge in [0.15, 0.2) is 0 Å². The largest absolute Gasteiger partial charge is 0.313 e. The Bertz CT molecular complexity index is 616. The zero-order chi connectivity index (χ0) is 17.8. The monoisotopic (exact) mass is 328 g/mol. The van der Waals surface area contributed by atoms with Crippen LogP contribution in [0.5, 0.6) is 0 Å². The summed E-state index contributed by atoms with van der Waals surface area (Å²) in [6.07, 6.45) is 6.00. The standard InChI is InChI=1S/C19H28N4O/c1-18(2)10-9-15(14-19(3,4)23(18)24)12-17(22-20-5)13-16-8-6-7-11-21-16/h6-8,11,15,24H,9-10,12-14H2,1-4H3/b22-17-. The van der Waals surface area contributed by atoms with Crippen LogP contribution >= 0.6 is 0 Å². The molecule has 0 amide bonds. The van der Waals surface area contributed by atoms with Gasteiger partial charge in [-0.3, -0.25) is 4.98 Å². The van der Waals surface area contributed by atoms with Gasteiger partial charge in [-0.1, -0.05) is 6.07 Å². The third-order valence-corrected chi connectivity index (χ3v) is 4.93. The minimum atomic E-state index is -0.293. The number of hydrogen-bond donors (Lipinski definition) is 1. The van der Waals surface area contributed by atoms with E-state index in [0.717, 1.165) is 37.1 Å². The van der Waals surface area contributed by atoms with Crippen molar-refractivity contribution in [2.75, 3.05) is 0 Å². The van der Waals surface area contributed by atoms with Crippen LogP contribution < -0.4 is 0 Å². The molecule has 1 saturated heterocycles. The van der Waals surface area contributed by atoms with Crippen molar-refractivity contribution in [3.8, 4) is 0 Å². The SMILES string of the molecule is [C-]#[N+]/N=C(\Cc1ccccn1)CC1CCC(C)(C)N(O)C(C)(C)C1. The highest BCUT2D eigenvalue weighted by molar-refractivity contribution is 5.86. The summed E-state index contributed by atoms with van der Waals surface area (Å²) in [7, 11) is 0. The Kier molecular flexibility index (Phi) is 5.74. The summed E-state index contributed by atoms with van der Waals surface area (Å²) in [5.74, 6) is 0.403. The first-order valence-corrected chi connectivity index (χ1v) is 8.56. The van der Waals surface area contributed by atoms with Crippen LogP contribution in [0.1, 0.15) is 59.1 Å². The zero-order valence-electron chi connectivity index (χ0n) is 15.2. The first kappa shape index (κ1) is 18.6. The Hall–Kier alpha value is -1.77. The molecule has 1 aliphatic rings. The van der Waals surface area contributed by atoms with Crippen LogP contribution in [-0.2, 0) is 6.42 Å². The van der Waals surface area contributed by atoms with Crippen LogP contribution in [0.25, 0.3) is 4.95 Å². The van der Waals surface area contributed by atoms with Crippen molar-refractivity contribution < 1.29 is 5.21 Å². The minimum absolute atomic E-state index is 0.240. The second kappa shape index (κ2) is 7.42. The average molecular weight is 328 g/mol. The second-order valence-corrected chi connectivity index (χ2v) is 8.01. The van der Waals surface area contributed by atoms with Crippen LogP contribution in [0, 0.1) is 12.5 Å². The Balaban J connectivity index is 2.12. The van der Waals surface area contributed by atoms with Crippen molar-refractivity contribution in [1.29, 1.82) is 0 Å². The average Bonchev–Trinajstić information content (AvgIpc) is 2.59. The lowest BCUT2D eigenvalue weighted by Crippen LogP contribution is -2.52. The fraction of sp³-hybridized carbons (Fsp3) is 0.632. The molecule has 0 radical (unpaired) electrons. The highest BCUT2D eigenvalue weighted by atomic mass is 16.5. The fourth-order valence-corrected chi connectivity index (χ4v) is 3.82. The van der Waals surface area contributed by atoms with Gasteiger partial charge in [0.2, 0.25) is 0 Å². The van der Waals surface area contributed by atoms with Gasteiger partial charge < -0.3 is 5.21 Å². The maximum atomic E-state index is 10.6. The number of hydrogen-bond acceptors (Lipinski definition) is 4. The first-order valence-electron chi connectivity index (χ1n) is 8.56. The molecule has 0 spiro atoms. The molecule has 0 aliphatic carbocycles. The van der Waals surface area contributed by atoms with E-state index in [1.54, 1.807) is 6.20 Å². The smallest absolute Gasteiger partial charge is 0.107 e. The van der Waals surface area contributed by atoms with Crippen molar-refractivity contribution in [2.45, 2.75) is 70.9 Å². The molecular formula is C19H28N4O. The molecule has 0 bridgehead atoms. The highest BCUT2D eigenvalue weighted by Crippen LogP contribution is 2.39. The summed E-state index contributed by atoms with van der Waals surface area (Å²) in [6.45, 7) is 15.4. The van der Waals surface area contributed by atoms with Crippen molar-refractivity contribution in [3.05, 3.63) is 41.6 Å². The summed E-state index contributed by atoms with van der Waals surface area (Å²) in [5, 5.41) is 16.1. The highest BCUT2D eigenvalue weighted by Gasteiger charge is 2.42. The number of aromatic nitrogens is 1. The molecule has 1 fully saturated rings. The van der Waals surface area contributed by atoms with E-state index in [2.05, 4.69) is 42.7 Å². The van der Waals surface area contributed by atoms with Gasteiger partial charge in [-0.2, -0.15) is 11.6 Å². The van der Waals surface area contributed by atoms with Gasteiger partial charge in [0.25, 0.3) is 0 Å². The Morgan fingerprint density at radius 2 is 2.12 bits per heavy atom. The summed E-state index contributed by atoms with van der Waals surface area (Å²) in [4.78, 5) is 7.60. The van der Waals surface area contributed by atoms with E-state index in [4.69, 9.17) is 6.57 Å². The van der Waals surface area contributed by atoms with Gasteiger partial charge >= 0.3 is 0 Å². The van der Waals surface area contributed by atoms with Crippen LogP contribution in [0.2, 0.25) is 0 Å². The summed E-state index contributed by atoms with van der Waals surface area (Å²) in [6, 6.07) is 5.81. The maximum absolute atomic E-state index is 10.6. The van der Waals surface area contributed by atoms with Gasteiger partial charge in [0, 0.05) is 29.4 Å². The molecule has 1 unspecified atom stereocenters. The molecule has 5 heteroatoms. The molecule has 2 rings (SSSR count). The third-order valence-electron chi connectivity index (χ3n) is 4.93. The lowest BCUT2D eigenvalue weighted by atomic mass is 9.85. The normalized spacial score (nSPS) is 24.2. The lowest BCUT2D eigenvalue weighted by Gasteiger charge is -2.42. The summed E-state index contributed by atoms with van der Waals surface area (Å²) in [5.41, 5.74) is 1.29. The van der Waals surface area contributed by atoms with E-state index in [-0.39, 0.29) is 11.1 Å². The van der Waals surface area contributed by atoms with E-state index in [1.807, 2.05) is 18.2 Å². The molecule has 0 aromatic carbocycles. The van der Waals surface area contributed by atoms with Crippen LogP contribution in [-0.4, -0.2) is 32.0 Å². The molecule has 1 aliphatic heterocycles. The molecule has 1 aromatic heterocycles. The number of nitrogens with zero attached hydrogens (tertiary/aromatic N) is 4. The predicted octanol–water partition coefficient (Wildman–Crippen LogP) is 4.34. The molecule has 2 heterocycles. The molecule has 130 valence electrons. The number of hydroxylamine groups is 2. The van der Waals surface area contributed by atoms with Crippen LogP contribution in [0.4, 0.5) is 0 Å². The van der Waals surface area contributed by atoms with Crippen LogP contribution in [0.15, 0.2) is 29.5 Å². The molecule has 1 aromatic rings. The predicted molar refractivity (Wildman–Crippen MR) is 95.7 cm³/mol. The number of rotatable bonds is 4. The van der Waals surface area contributed by atoms with E-state index >= 15 is 0 Å². The van der Waals surface area contributed by atoms with Gasteiger partial charge in [-0.25, -0.2) is 0 Å². The Morgan fingerprint density at radius 3 is 2.75 bits per heavy atom. The topological polar surface area (TPSA) is 53.1 Å². The molecule has 1 N–H and O–H groups in total. The minimum Gasteiger partial charge on any atom is -0.313 e. The molecule has 24 heavy (non-hydrogen) atoms. The Morgan fingerprint density at radius 1 is 1.38 bits per heavy atom. The molecular weight excluding hydrogens is 300 g/mol. The first-order chi connectivity index (χ1) is 11.2. The van der Waals surface area contributed by atoms with E-state index in [9.17, 15) is 5.21 Å². The number of pyridine rings is 1. The van der Waals surface area contributed by atoms with Crippen molar-refractivity contribution in [1.82, 2.24) is 10.0 Å². The van der Waals surface area contributed by atoms with Crippen molar-refractivity contribution in [3.63, 3.8) is 0 Å². The van der Waals surface area contributed by atoms with Crippen molar-refractivity contribution >= 4 is 5.71 Å². The van der Waals surface area contributed by atoms with E-state index in [1.165, 1.54) is 5.06 Å². The van der Waals surface area contributed by atoms with Gasteiger partial charge in [0.1, 0.15) is 5.71 Å². The molecule has 1 atom stereocenters.